The molecule has 0 aliphatic carbocycles. The van der Waals surface area contributed by atoms with Crippen molar-refractivity contribution >= 4 is 65.2 Å². The van der Waals surface area contributed by atoms with Crippen molar-refractivity contribution < 1.29 is 0 Å². The van der Waals surface area contributed by atoms with Crippen LogP contribution in [0.1, 0.15) is 0 Å². The van der Waals surface area contributed by atoms with E-state index in [2.05, 4.69) is 126 Å². The maximum atomic E-state index is 5.28. The number of benzene rings is 7. The number of nitrogens with zero attached hydrogens (tertiary/aromatic N) is 4. The van der Waals surface area contributed by atoms with Crippen LogP contribution in [0.3, 0.4) is 0 Å². The van der Waals surface area contributed by atoms with Crippen molar-refractivity contribution in [1.82, 2.24) is 19.5 Å². The molecule has 45 heavy (non-hydrogen) atoms. The van der Waals surface area contributed by atoms with Crippen LogP contribution in [0.4, 0.5) is 0 Å². The Bertz CT molecular complexity index is 2740. The molecular formula is C41H24N4. The summed E-state index contributed by atoms with van der Waals surface area (Å²) in [5.74, 6) is 0.922. The highest BCUT2D eigenvalue weighted by Gasteiger charge is 2.17. The summed E-state index contributed by atoms with van der Waals surface area (Å²) >= 11 is 0. The van der Waals surface area contributed by atoms with E-state index >= 15 is 0 Å². The SMILES string of the molecule is c1ccc(-n2c(-c3ccc(-c4ccc5cc6ccc7c8ncccc8cc8ccc(c5n4)c6c87)cc3)nc3ccccc32)cc1. The molecule has 0 N–H and O–H groups in total. The normalized spacial score (nSPS) is 12.0. The molecule has 0 atom stereocenters. The summed E-state index contributed by atoms with van der Waals surface area (Å²) < 4.78 is 2.23. The van der Waals surface area contributed by atoms with E-state index in [1.54, 1.807) is 0 Å². The van der Waals surface area contributed by atoms with Crippen LogP contribution in [0.5, 0.6) is 0 Å². The standard InChI is InChI=1S/C41H24N4/c1-2-8-31(9-3-1)45-36-11-5-4-10-35(36)44-41(45)26-14-12-25(13-15-26)34-21-18-30-24-28-16-19-32-37-27(23-29-7-6-22-42-39(29)32)17-20-33(38(28)37)40(30)43-34/h1-24H. The lowest BCUT2D eigenvalue weighted by Crippen LogP contribution is -1.97. The predicted octanol–water partition coefficient (Wildman–Crippen LogP) is 10.4. The minimum Gasteiger partial charge on any atom is -0.292 e. The quantitative estimate of drug-likeness (QED) is 0.156. The van der Waals surface area contributed by atoms with Crippen molar-refractivity contribution in [3.05, 3.63) is 146 Å². The lowest BCUT2D eigenvalue weighted by Gasteiger charge is -2.15. The van der Waals surface area contributed by atoms with Gasteiger partial charge in [-0.2, -0.15) is 0 Å². The predicted molar refractivity (Wildman–Crippen MR) is 186 cm³/mol. The van der Waals surface area contributed by atoms with E-state index in [-0.39, 0.29) is 0 Å². The summed E-state index contributed by atoms with van der Waals surface area (Å²) in [6, 6.07) is 49.3. The van der Waals surface area contributed by atoms with Crippen LogP contribution >= 0.6 is 0 Å². The molecule has 0 fully saturated rings. The van der Waals surface area contributed by atoms with E-state index in [4.69, 9.17) is 15.0 Å². The van der Waals surface area contributed by atoms with Gasteiger partial charge in [0.05, 0.1) is 27.8 Å². The smallest absolute Gasteiger partial charge is 0.145 e. The zero-order chi connectivity index (χ0) is 29.5. The van der Waals surface area contributed by atoms with Gasteiger partial charge in [-0.15, -0.1) is 0 Å². The average Bonchev–Trinajstić information content (AvgIpc) is 3.50. The van der Waals surface area contributed by atoms with Gasteiger partial charge < -0.3 is 0 Å². The number of hydrogen-bond acceptors (Lipinski definition) is 3. The van der Waals surface area contributed by atoms with Crippen molar-refractivity contribution in [2.24, 2.45) is 0 Å². The van der Waals surface area contributed by atoms with E-state index in [0.717, 1.165) is 61.2 Å². The number of imidazole rings is 1. The molecule has 4 heteroatoms. The van der Waals surface area contributed by atoms with Crippen LogP contribution in [0, 0.1) is 0 Å². The molecule has 4 nitrogen and oxygen atoms in total. The Morgan fingerprint density at radius 3 is 1.93 bits per heavy atom. The molecule has 0 unspecified atom stereocenters. The fourth-order valence-electron chi connectivity index (χ4n) is 7.09. The molecule has 3 heterocycles. The molecule has 10 rings (SSSR count). The molecule has 0 radical (unpaired) electrons. The molecule has 0 saturated heterocycles. The van der Waals surface area contributed by atoms with Crippen molar-refractivity contribution in [2.45, 2.75) is 0 Å². The number of pyridine rings is 2. The summed E-state index contributed by atoms with van der Waals surface area (Å²) in [6.45, 7) is 0. The fourth-order valence-corrected chi connectivity index (χ4v) is 7.09. The molecule has 0 aliphatic rings. The van der Waals surface area contributed by atoms with Crippen molar-refractivity contribution in [2.75, 3.05) is 0 Å². The zero-order valence-corrected chi connectivity index (χ0v) is 24.1. The van der Waals surface area contributed by atoms with E-state index in [0.29, 0.717) is 0 Å². The number of hydrogen-bond donors (Lipinski definition) is 0. The second-order valence-corrected chi connectivity index (χ2v) is 11.7. The Balaban J connectivity index is 1.13. The summed E-state index contributed by atoms with van der Waals surface area (Å²) in [4.78, 5) is 15.1. The van der Waals surface area contributed by atoms with Gasteiger partial charge in [0, 0.05) is 44.6 Å². The van der Waals surface area contributed by atoms with E-state index < -0.39 is 0 Å². The van der Waals surface area contributed by atoms with Gasteiger partial charge in [-0.25, -0.2) is 9.97 Å². The highest BCUT2D eigenvalue weighted by atomic mass is 15.1. The minimum absolute atomic E-state index is 0.922. The van der Waals surface area contributed by atoms with Crippen molar-refractivity contribution in [3.63, 3.8) is 0 Å². The maximum Gasteiger partial charge on any atom is 0.145 e. The Kier molecular flexibility index (Phi) is 4.96. The zero-order valence-electron chi connectivity index (χ0n) is 24.1. The first-order valence-corrected chi connectivity index (χ1v) is 15.2. The maximum absolute atomic E-state index is 5.28. The third-order valence-electron chi connectivity index (χ3n) is 9.14. The number of fused-ring (bicyclic) bond motifs is 5. The molecular weight excluding hydrogens is 548 g/mol. The second kappa shape index (κ2) is 9.18. The monoisotopic (exact) mass is 572 g/mol. The van der Waals surface area contributed by atoms with Crippen LogP contribution in [0.25, 0.3) is 93.5 Å². The minimum atomic E-state index is 0.922. The molecule has 208 valence electrons. The van der Waals surface area contributed by atoms with E-state index in [1.807, 2.05) is 24.4 Å². The van der Waals surface area contributed by atoms with Crippen LogP contribution < -0.4 is 0 Å². The van der Waals surface area contributed by atoms with E-state index in [1.165, 1.54) is 32.3 Å². The third-order valence-corrected chi connectivity index (χ3v) is 9.14. The van der Waals surface area contributed by atoms with Gasteiger partial charge in [-0.05, 0) is 70.1 Å². The number of rotatable bonds is 3. The summed E-state index contributed by atoms with van der Waals surface area (Å²) in [6.07, 6.45) is 1.88. The molecule has 0 aliphatic heterocycles. The molecule has 3 aromatic heterocycles. The lowest BCUT2D eigenvalue weighted by atomic mass is 9.91. The van der Waals surface area contributed by atoms with Gasteiger partial charge in [0.25, 0.3) is 0 Å². The van der Waals surface area contributed by atoms with Crippen LogP contribution in [0.15, 0.2) is 146 Å². The van der Waals surface area contributed by atoms with Gasteiger partial charge in [-0.3, -0.25) is 9.55 Å². The molecule has 0 amide bonds. The molecule has 7 aromatic carbocycles. The number of para-hydroxylation sites is 3. The first-order valence-electron chi connectivity index (χ1n) is 15.2. The summed E-state index contributed by atoms with van der Waals surface area (Å²) in [7, 11) is 0. The van der Waals surface area contributed by atoms with Crippen molar-refractivity contribution in [1.29, 1.82) is 0 Å². The second-order valence-electron chi connectivity index (χ2n) is 11.7. The molecule has 0 saturated carbocycles. The third kappa shape index (κ3) is 3.57. The Labute approximate surface area is 258 Å². The lowest BCUT2D eigenvalue weighted by molar-refractivity contribution is 1.10. The highest BCUT2D eigenvalue weighted by Crippen LogP contribution is 2.41. The summed E-state index contributed by atoms with van der Waals surface area (Å²) in [5.41, 5.74) is 8.31. The van der Waals surface area contributed by atoms with Gasteiger partial charge in [-0.1, -0.05) is 91.0 Å². The van der Waals surface area contributed by atoms with Crippen molar-refractivity contribution in [3.8, 4) is 28.3 Å². The topological polar surface area (TPSA) is 43.6 Å². The van der Waals surface area contributed by atoms with Crippen LogP contribution in [-0.2, 0) is 0 Å². The van der Waals surface area contributed by atoms with Gasteiger partial charge in [0.15, 0.2) is 0 Å². The largest absolute Gasteiger partial charge is 0.292 e. The van der Waals surface area contributed by atoms with Crippen LogP contribution in [0.2, 0.25) is 0 Å². The molecule has 0 spiro atoms. The Morgan fingerprint density at radius 2 is 1.13 bits per heavy atom. The Morgan fingerprint density at radius 1 is 0.467 bits per heavy atom. The highest BCUT2D eigenvalue weighted by molar-refractivity contribution is 6.31. The number of aromatic nitrogens is 4. The Hall–Kier alpha value is -6.13. The van der Waals surface area contributed by atoms with Gasteiger partial charge in [0.1, 0.15) is 5.82 Å². The average molecular weight is 573 g/mol. The fraction of sp³-hybridized carbons (Fsp3) is 0. The van der Waals surface area contributed by atoms with Gasteiger partial charge in [0.2, 0.25) is 0 Å². The first-order chi connectivity index (χ1) is 22.3. The molecule has 10 aromatic rings. The van der Waals surface area contributed by atoms with Gasteiger partial charge >= 0.3 is 0 Å². The van der Waals surface area contributed by atoms with E-state index in [9.17, 15) is 0 Å². The van der Waals surface area contributed by atoms with Crippen LogP contribution in [-0.4, -0.2) is 19.5 Å². The summed E-state index contributed by atoms with van der Waals surface area (Å²) in [5, 5.41) is 9.64. The first kappa shape index (κ1) is 24.3. The molecule has 0 bridgehead atoms.